The summed E-state index contributed by atoms with van der Waals surface area (Å²) in [5, 5.41) is 0.393. The van der Waals surface area contributed by atoms with E-state index in [0.29, 0.717) is 18.3 Å². The molecule has 0 spiro atoms. The highest BCUT2D eigenvalue weighted by Gasteiger charge is 2.09. The quantitative estimate of drug-likeness (QED) is 0.406. The van der Waals surface area contributed by atoms with Gasteiger partial charge in [-0.25, -0.2) is 0 Å². The Morgan fingerprint density at radius 2 is 1.76 bits per heavy atom. The lowest BCUT2D eigenvalue weighted by atomic mass is 10.1. The summed E-state index contributed by atoms with van der Waals surface area (Å²) in [5.74, 6) is 1.11. The minimum absolute atomic E-state index is 0.0598. The second kappa shape index (κ2) is 12.3. The number of esters is 1. The van der Waals surface area contributed by atoms with Crippen LogP contribution >= 0.6 is 11.8 Å². The van der Waals surface area contributed by atoms with Crippen LogP contribution in [0.25, 0.3) is 0 Å². The van der Waals surface area contributed by atoms with Crippen LogP contribution in [0, 0.1) is 0 Å². The van der Waals surface area contributed by atoms with E-state index in [1.54, 1.807) is 0 Å². The highest BCUT2D eigenvalue weighted by molar-refractivity contribution is 7.99. The van der Waals surface area contributed by atoms with Gasteiger partial charge in [-0.3, -0.25) is 4.79 Å². The van der Waals surface area contributed by atoms with E-state index < -0.39 is 0 Å². The number of hydrogen-bond donors (Lipinski definition) is 0. The molecule has 0 radical (unpaired) electrons. The lowest BCUT2D eigenvalue weighted by Gasteiger charge is -2.10. The van der Waals surface area contributed by atoms with Crippen molar-refractivity contribution in [3.63, 3.8) is 0 Å². The molecule has 0 aromatic rings. The molecule has 0 amide bonds. The number of hydrogen-bond acceptors (Lipinski definition) is 3. The van der Waals surface area contributed by atoms with Gasteiger partial charge in [0.05, 0.1) is 13.0 Å². The predicted octanol–water partition coefficient (Wildman–Crippen LogP) is 4.42. The molecule has 0 bridgehead atoms. The van der Waals surface area contributed by atoms with E-state index in [9.17, 15) is 4.79 Å². The number of carbonyl (C=O) groups is 1. The number of thioether (sulfide) groups is 1. The van der Waals surface area contributed by atoms with E-state index in [1.165, 1.54) is 44.3 Å². The molecule has 3 heteroatoms. The smallest absolute Gasteiger partial charge is 0.306 e. The van der Waals surface area contributed by atoms with Crippen molar-refractivity contribution >= 4 is 17.7 Å². The maximum Gasteiger partial charge on any atom is 0.306 e. The summed E-state index contributed by atoms with van der Waals surface area (Å²) >= 11 is 1.89. The molecule has 1 atom stereocenters. The molecule has 0 saturated carbocycles. The van der Waals surface area contributed by atoms with Crippen LogP contribution in [0.1, 0.15) is 65.7 Å². The lowest BCUT2D eigenvalue weighted by Crippen LogP contribution is -2.11. The number of carbonyl (C=O) groups excluding carboxylic acids is 1. The molecule has 0 N–H and O–H groups in total. The number of ether oxygens (including phenoxy) is 1. The van der Waals surface area contributed by atoms with E-state index in [4.69, 9.17) is 4.74 Å². The zero-order chi connectivity index (χ0) is 12.9. The third-order valence-corrected chi connectivity index (χ3v) is 3.92. The van der Waals surface area contributed by atoms with Gasteiger partial charge >= 0.3 is 5.97 Å². The van der Waals surface area contributed by atoms with Gasteiger partial charge in [0, 0.05) is 5.25 Å². The third kappa shape index (κ3) is 12.1. The molecular weight excluding hydrogens is 232 g/mol. The van der Waals surface area contributed by atoms with Crippen molar-refractivity contribution in [2.24, 2.45) is 0 Å². The first-order valence-electron chi connectivity index (χ1n) is 6.97. The monoisotopic (exact) mass is 260 g/mol. The van der Waals surface area contributed by atoms with Crippen LogP contribution in [0.2, 0.25) is 0 Å². The van der Waals surface area contributed by atoms with Gasteiger partial charge in [-0.1, -0.05) is 46.0 Å². The fourth-order valence-electron chi connectivity index (χ4n) is 1.68. The summed E-state index contributed by atoms with van der Waals surface area (Å²) < 4.78 is 4.93. The summed E-state index contributed by atoms with van der Waals surface area (Å²) in [4.78, 5) is 11.2. The van der Waals surface area contributed by atoms with E-state index in [-0.39, 0.29) is 5.97 Å². The second-order valence-corrected chi connectivity index (χ2v) is 6.00. The summed E-state index contributed by atoms with van der Waals surface area (Å²) in [7, 11) is 0. The Hall–Kier alpha value is -0.180. The highest BCUT2D eigenvalue weighted by atomic mass is 32.2. The van der Waals surface area contributed by atoms with Gasteiger partial charge in [0.25, 0.3) is 0 Å². The molecule has 0 rings (SSSR count). The second-order valence-electron chi connectivity index (χ2n) is 4.46. The average Bonchev–Trinajstić information content (AvgIpc) is 2.28. The first-order valence-corrected chi connectivity index (χ1v) is 8.02. The van der Waals surface area contributed by atoms with Gasteiger partial charge in [0.2, 0.25) is 0 Å². The summed E-state index contributed by atoms with van der Waals surface area (Å²) in [6, 6.07) is 0. The van der Waals surface area contributed by atoms with Gasteiger partial charge in [-0.05, 0) is 19.1 Å². The molecule has 0 saturated heterocycles. The average molecular weight is 260 g/mol. The summed E-state index contributed by atoms with van der Waals surface area (Å²) in [6.45, 7) is 6.70. The number of rotatable bonds is 11. The van der Waals surface area contributed by atoms with Crippen LogP contribution in [-0.2, 0) is 9.53 Å². The molecule has 0 aromatic carbocycles. The van der Waals surface area contributed by atoms with Crippen molar-refractivity contribution < 1.29 is 9.53 Å². The van der Waals surface area contributed by atoms with Gasteiger partial charge in [0.15, 0.2) is 0 Å². The zero-order valence-electron chi connectivity index (χ0n) is 11.7. The first-order chi connectivity index (χ1) is 8.20. The van der Waals surface area contributed by atoms with E-state index in [2.05, 4.69) is 13.8 Å². The van der Waals surface area contributed by atoms with Crippen molar-refractivity contribution in [3.05, 3.63) is 0 Å². The first kappa shape index (κ1) is 16.8. The van der Waals surface area contributed by atoms with Crippen molar-refractivity contribution in [1.82, 2.24) is 0 Å². The maximum atomic E-state index is 11.2. The van der Waals surface area contributed by atoms with Crippen LogP contribution in [0.5, 0.6) is 0 Å². The SMILES string of the molecule is CCCCCCCCSC(C)CC(=O)OCC. The molecule has 0 aliphatic heterocycles. The predicted molar refractivity (Wildman–Crippen MR) is 76.5 cm³/mol. The molecule has 0 heterocycles. The Labute approximate surface area is 111 Å². The van der Waals surface area contributed by atoms with Crippen LogP contribution in [-0.4, -0.2) is 23.6 Å². The fourth-order valence-corrected chi connectivity index (χ4v) is 2.71. The Morgan fingerprint density at radius 3 is 2.41 bits per heavy atom. The Morgan fingerprint density at radius 1 is 1.12 bits per heavy atom. The molecule has 0 aliphatic carbocycles. The molecule has 102 valence electrons. The topological polar surface area (TPSA) is 26.3 Å². The molecule has 1 unspecified atom stereocenters. The number of unbranched alkanes of at least 4 members (excludes halogenated alkanes) is 5. The minimum atomic E-state index is -0.0598. The molecule has 2 nitrogen and oxygen atoms in total. The molecule has 17 heavy (non-hydrogen) atoms. The van der Waals surface area contributed by atoms with Crippen LogP contribution < -0.4 is 0 Å². The summed E-state index contributed by atoms with van der Waals surface area (Å²) in [5.41, 5.74) is 0. The standard InChI is InChI=1S/C14H28O2S/c1-4-6-7-8-9-10-11-17-13(3)12-14(15)16-5-2/h13H,4-12H2,1-3H3. The lowest BCUT2D eigenvalue weighted by molar-refractivity contribution is -0.142. The third-order valence-electron chi connectivity index (χ3n) is 2.66. The van der Waals surface area contributed by atoms with Crippen LogP contribution in [0.4, 0.5) is 0 Å². The van der Waals surface area contributed by atoms with Crippen molar-refractivity contribution in [1.29, 1.82) is 0 Å². The van der Waals surface area contributed by atoms with Gasteiger partial charge in [0.1, 0.15) is 0 Å². The molecule has 0 aliphatic rings. The van der Waals surface area contributed by atoms with Crippen molar-refractivity contribution in [3.8, 4) is 0 Å². The van der Waals surface area contributed by atoms with Gasteiger partial charge in [-0.15, -0.1) is 0 Å². The Kier molecular flexibility index (Phi) is 12.2. The van der Waals surface area contributed by atoms with Crippen LogP contribution in [0.3, 0.4) is 0 Å². The highest BCUT2D eigenvalue weighted by Crippen LogP contribution is 2.17. The van der Waals surface area contributed by atoms with Crippen LogP contribution in [0.15, 0.2) is 0 Å². The molecular formula is C14H28O2S. The fraction of sp³-hybridized carbons (Fsp3) is 0.929. The Bertz CT molecular complexity index is 183. The zero-order valence-corrected chi connectivity index (χ0v) is 12.5. The molecule has 0 fully saturated rings. The van der Waals surface area contributed by atoms with Crippen molar-refractivity contribution in [2.45, 2.75) is 71.0 Å². The maximum absolute atomic E-state index is 11.2. The largest absolute Gasteiger partial charge is 0.466 e. The van der Waals surface area contributed by atoms with E-state index >= 15 is 0 Å². The normalized spacial score (nSPS) is 12.4. The van der Waals surface area contributed by atoms with Crippen molar-refractivity contribution in [2.75, 3.05) is 12.4 Å². The minimum Gasteiger partial charge on any atom is -0.466 e. The summed E-state index contributed by atoms with van der Waals surface area (Å²) in [6.07, 6.45) is 8.58. The molecule has 0 aromatic heterocycles. The van der Waals surface area contributed by atoms with E-state index in [0.717, 1.165) is 0 Å². The van der Waals surface area contributed by atoms with E-state index in [1.807, 2.05) is 18.7 Å². The van der Waals surface area contributed by atoms with Gasteiger partial charge < -0.3 is 4.74 Å². The Balaban J connectivity index is 3.27. The van der Waals surface area contributed by atoms with Gasteiger partial charge in [-0.2, -0.15) is 11.8 Å².